The fourth-order valence-electron chi connectivity index (χ4n) is 5.01. The van der Waals surface area contributed by atoms with Gasteiger partial charge in [0.2, 0.25) is 5.91 Å². The van der Waals surface area contributed by atoms with Crippen molar-refractivity contribution in [2.45, 2.75) is 17.4 Å². The van der Waals surface area contributed by atoms with Gasteiger partial charge in [0.1, 0.15) is 6.10 Å². The summed E-state index contributed by atoms with van der Waals surface area (Å²) >= 11 is 3.66. The molecule has 2 saturated carbocycles. The number of carbonyl (C=O) groups excluding carboxylic acids is 2. The number of esters is 1. The molecular formula is C21H18BrNO3. The maximum Gasteiger partial charge on any atom is 0.310 e. The van der Waals surface area contributed by atoms with Crippen LogP contribution in [0.25, 0.3) is 11.1 Å². The Morgan fingerprint density at radius 3 is 2.58 bits per heavy atom. The van der Waals surface area contributed by atoms with Crippen molar-refractivity contribution >= 4 is 33.5 Å². The number of benzene rings is 2. The monoisotopic (exact) mass is 411 g/mol. The van der Waals surface area contributed by atoms with E-state index < -0.39 is 0 Å². The van der Waals surface area contributed by atoms with Crippen LogP contribution in [0.4, 0.5) is 5.69 Å². The third-order valence-electron chi connectivity index (χ3n) is 6.10. The molecule has 1 N–H and O–H groups in total. The predicted molar refractivity (Wildman–Crippen MR) is 102 cm³/mol. The quantitative estimate of drug-likeness (QED) is 0.615. The van der Waals surface area contributed by atoms with Crippen molar-refractivity contribution in [3.63, 3.8) is 0 Å². The number of alkyl halides is 1. The lowest BCUT2D eigenvalue weighted by atomic mass is 9.79. The van der Waals surface area contributed by atoms with E-state index in [4.69, 9.17) is 4.74 Å². The molecule has 1 heterocycles. The lowest BCUT2D eigenvalue weighted by Crippen LogP contribution is -2.40. The van der Waals surface area contributed by atoms with Crippen LogP contribution in [0.15, 0.2) is 54.6 Å². The molecule has 1 saturated heterocycles. The van der Waals surface area contributed by atoms with E-state index in [-0.39, 0.29) is 46.5 Å². The van der Waals surface area contributed by atoms with Gasteiger partial charge in [-0.1, -0.05) is 64.5 Å². The van der Waals surface area contributed by atoms with Gasteiger partial charge in [-0.05, 0) is 24.0 Å². The SMILES string of the molecule is O=C(Nc1ccccc1-c1ccccc1)[C@@H]1[C@H]2C[C@H]3[C@H](OC(=O)[C@H]31)[C@H]2Br. The second kappa shape index (κ2) is 5.95. The summed E-state index contributed by atoms with van der Waals surface area (Å²) in [6, 6.07) is 17.8. The van der Waals surface area contributed by atoms with Gasteiger partial charge in [-0.15, -0.1) is 0 Å². The second-order valence-corrected chi connectivity index (χ2v) is 8.42. The number of hydrogen-bond acceptors (Lipinski definition) is 3. The highest BCUT2D eigenvalue weighted by Gasteiger charge is 2.67. The van der Waals surface area contributed by atoms with Gasteiger partial charge in [-0.25, -0.2) is 0 Å². The van der Waals surface area contributed by atoms with Crippen molar-refractivity contribution in [1.82, 2.24) is 0 Å². The topological polar surface area (TPSA) is 55.4 Å². The van der Waals surface area contributed by atoms with Crippen molar-refractivity contribution in [2.24, 2.45) is 23.7 Å². The molecule has 0 spiro atoms. The number of hydrogen-bond donors (Lipinski definition) is 1. The summed E-state index contributed by atoms with van der Waals surface area (Å²) in [7, 11) is 0. The van der Waals surface area contributed by atoms with Crippen LogP contribution in [0.1, 0.15) is 6.42 Å². The Morgan fingerprint density at radius 1 is 1.04 bits per heavy atom. The maximum atomic E-state index is 13.1. The van der Waals surface area contributed by atoms with Crippen LogP contribution >= 0.6 is 15.9 Å². The molecule has 3 aliphatic rings. The highest BCUT2D eigenvalue weighted by Crippen LogP contribution is 2.60. The molecule has 5 heteroatoms. The number of rotatable bonds is 3. The average Bonchev–Trinajstić information content (AvgIpc) is 3.27. The van der Waals surface area contributed by atoms with Gasteiger partial charge in [-0.2, -0.15) is 0 Å². The standard InChI is InChI=1S/C21H18BrNO3/c22-18-13-10-14-17(21(25)26-19(14)18)16(13)20(24)23-15-9-5-4-8-12(15)11-6-2-1-3-7-11/h1-9,13-14,16-19H,10H2,(H,23,24)/t13-,14-,16-,17-,18+,19+/m1/s1. The second-order valence-electron chi connectivity index (χ2n) is 7.36. The normalized spacial score (nSPS) is 34.0. The lowest BCUT2D eigenvalue weighted by molar-refractivity contribution is -0.145. The van der Waals surface area contributed by atoms with E-state index >= 15 is 0 Å². The molecule has 132 valence electrons. The highest BCUT2D eigenvalue weighted by molar-refractivity contribution is 9.09. The first-order valence-electron chi connectivity index (χ1n) is 8.95. The zero-order chi connectivity index (χ0) is 17.8. The van der Waals surface area contributed by atoms with Crippen LogP contribution in [-0.2, 0) is 14.3 Å². The molecule has 0 unspecified atom stereocenters. The molecule has 0 aromatic heterocycles. The fraction of sp³-hybridized carbons (Fsp3) is 0.333. The maximum absolute atomic E-state index is 13.1. The van der Waals surface area contributed by atoms with Gasteiger partial charge in [-0.3, -0.25) is 9.59 Å². The predicted octanol–water partition coefficient (Wildman–Crippen LogP) is 3.86. The van der Waals surface area contributed by atoms with Gasteiger partial charge in [0.05, 0.1) is 16.7 Å². The van der Waals surface area contributed by atoms with E-state index in [0.29, 0.717) is 0 Å². The molecule has 26 heavy (non-hydrogen) atoms. The Bertz CT molecular complexity index is 884. The Kier molecular flexibility index (Phi) is 3.67. The third kappa shape index (κ3) is 2.26. The summed E-state index contributed by atoms with van der Waals surface area (Å²) in [5.74, 6) is -0.557. The highest BCUT2D eigenvalue weighted by atomic mass is 79.9. The Labute approximate surface area is 160 Å². The van der Waals surface area contributed by atoms with E-state index in [1.807, 2.05) is 54.6 Å². The van der Waals surface area contributed by atoms with Crippen molar-refractivity contribution in [2.75, 3.05) is 5.32 Å². The Morgan fingerprint density at radius 2 is 1.77 bits per heavy atom. The van der Waals surface area contributed by atoms with Crippen LogP contribution in [-0.4, -0.2) is 22.8 Å². The van der Waals surface area contributed by atoms with Crippen LogP contribution in [0.5, 0.6) is 0 Å². The van der Waals surface area contributed by atoms with E-state index in [1.54, 1.807) is 0 Å². The number of nitrogens with one attached hydrogen (secondary N) is 1. The molecule has 1 amide bonds. The number of halogens is 1. The smallest absolute Gasteiger partial charge is 0.310 e. The Balaban J connectivity index is 1.45. The number of anilines is 1. The summed E-state index contributed by atoms with van der Waals surface area (Å²) in [5.41, 5.74) is 2.81. The molecule has 1 aliphatic heterocycles. The first-order chi connectivity index (χ1) is 12.6. The molecule has 3 fully saturated rings. The first-order valence-corrected chi connectivity index (χ1v) is 9.86. The van der Waals surface area contributed by atoms with Crippen molar-refractivity contribution < 1.29 is 14.3 Å². The summed E-state index contributed by atoms with van der Waals surface area (Å²) in [5, 5.41) is 3.09. The zero-order valence-corrected chi connectivity index (χ0v) is 15.6. The third-order valence-corrected chi connectivity index (χ3v) is 7.30. The van der Waals surface area contributed by atoms with Crippen molar-refractivity contribution in [1.29, 1.82) is 0 Å². The minimum Gasteiger partial charge on any atom is -0.461 e. The largest absolute Gasteiger partial charge is 0.461 e. The number of para-hydroxylation sites is 1. The van der Waals surface area contributed by atoms with Crippen LogP contribution < -0.4 is 5.32 Å². The van der Waals surface area contributed by atoms with Gasteiger partial charge in [0, 0.05) is 17.2 Å². The first kappa shape index (κ1) is 16.1. The minimum atomic E-state index is -0.320. The fourth-order valence-corrected chi connectivity index (χ4v) is 6.05. The van der Waals surface area contributed by atoms with Crippen LogP contribution in [0, 0.1) is 23.7 Å². The zero-order valence-electron chi connectivity index (χ0n) is 14.0. The van der Waals surface area contributed by atoms with Crippen LogP contribution in [0.3, 0.4) is 0 Å². The summed E-state index contributed by atoms with van der Waals surface area (Å²) in [6.07, 6.45) is 0.827. The molecule has 0 radical (unpaired) electrons. The van der Waals surface area contributed by atoms with Gasteiger partial charge in [0.25, 0.3) is 0 Å². The number of amides is 1. The van der Waals surface area contributed by atoms with Gasteiger partial charge in [0.15, 0.2) is 0 Å². The number of ether oxygens (including phenoxy) is 1. The molecular weight excluding hydrogens is 394 g/mol. The molecule has 5 rings (SSSR count). The Hall–Kier alpha value is -2.14. The molecule has 2 aliphatic carbocycles. The summed E-state index contributed by atoms with van der Waals surface area (Å²) < 4.78 is 5.51. The number of carbonyl (C=O) groups is 2. The van der Waals surface area contributed by atoms with E-state index in [1.165, 1.54) is 0 Å². The molecule has 2 aromatic rings. The van der Waals surface area contributed by atoms with E-state index in [9.17, 15) is 9.59 Å². The molecule has 2 bridgehead atoms. The molecule has 4 nitrogen and oxygen atoms in total. The molecule has 2 aromatic carbocycles. The van der Waals surface area contributed by atoms with Crippen molar-refractivity contribution in [3.8, 4) is 11.1 Å². The summed E-state index contributed by atoms with van der Waals surface area (Å²) in [4.78, 5) is 25.5. The minimum absolute atomic E-state index is 0.0573. The van der Waals surface area contributed by atoms with Crippen molar-refractivity contribution in [3.05, 3.63) is 54.6 Å². The van der Waals surface area contributed by atoms with E-state index in [0.717, 1.165) is 23.2 Å². The van der Waals surface area contributed by atoms with Gasteiger partial charge < -0.3 is 10.1 Å². The molecule has 6 atom stereocenters. The van der Waals surface area contributed by atoms with Crippen LogP contribution in [0.2, 0.25) is 0 Å². The van der Waals surface area contributed by atoms with Gasteiger partial charge >= 0.3 is 5.97 Å². The lowest BCUT2D eigenvalue weighted by Gasteiger charge is -2.27. The van der Waals surface area contributed by atoms with E-state index in [2.05, 4.69) is 21.2 Å². The summed E-state index contributed by atoms with van der Waals surface area (Å²) in [6.45, 7) is 0. The number of fused-ring (bicyclic) bond motifs is 1. The average molecular weight is 412 g/mol.